The van der Waals surface area contributed by atoms with Crippen molar-refractivity contribution >= 4 is 5.91 Å². The lowest BCUT2D eigenvalue weighted by Gasteiger charge is -2.45. The zero-order valence-electron chi connectivity index (χ0n) is 10.6. The quantitative estimate of drug-likeness (QED) is 0.709. The van der Waals surface area contributed by atoms with Gasteiger partial charge in [-0.1, -0.05) is 6.08 Å². The molecule has 1 rings (SSSR count). The highest BCUT2D eigenvalue weighted by Crippen LogP contribution is 2.19. The summed E-state index contributed by atoms with van der Waals surface area (Å²) in [6.07, 6.45) is 2.25. The highest BCUT2D eigenvalue weighted by Gasteiger charge is 2.34. The summed E-state index contributed by atoms with van der Waals surface area (Å²) in [4.78, 5) is 16.2. The topological polar surface area (TPSA) is 49.6 Å². The van der Waals surface area contributed by atoms with Crippen molar-refractivity contribution in [3.63, 3.8) is 0 Å². The van der Waals surface area contributed by atoms with Crippen LogP contribution in [0.15, 0.2) is 12.7 Å². The minimum Gasteiger partial charge on any atom is -0.338 e. The predicted octanol–water partition coefficient (Wildman–Crippen LogP) is 0.442. The molecule has 1 heterocycles. The van der Waals surface area contributed by atoms with Gasteiger partial charge in [-0.05, 0) is 27.3 Å². The number of nitrogens with zero attached hydrogens (tertiary/aromatic N) is 2. The molecular weight excluding hydrogens is 202 g/mol. The van der Waals surface area contributed by atoms with Crippen LogP contribution in [0.5, 0.6) is 0 Å². The molecule has 92 valence electrons. The smallest absolute Gasteiger partial charge is 0.239 e. The molecule has 4 heteroatoms. The Morgan fingerprint density at radius 2 is 2.19 bits per heavy atom. The van der Waals surface area contributed by atoms with E-state index >= 15 is 0 Å². The molecule has 1 aliphatic heterocycles. The summed E-state index contributed by atoms with van der Waals surface area (Å²) in [6.45, 7) is 10.3. The zero-order chi connectivity index (χ0) is 12.3. The summed E-state index contributed by atoms with van der Waals surface area (Å²) in [5.74, 6) is 0.0427. The van der Waals surface area contributed by atoms with Crippen molar-refractivity contribution in [3.8, 4) is 0 Å². The predicted molar refractivity (Wildman–Crippen MR) is 66.1 cm³/mol. The number of rotatable bonds is 3. The first-order chi connectivity index (χ1) is 7.38. The molecule has 2 N–H and O–H groups in total. The Balaban J connectivity index is 2.62. The van der Waals surface area contributed by atoms with E-state index in [0.29, 0.717) is 6.42 Å². The molecule has 1 unspecified atom stereocenters. The van der Waals surface area contributed by atoms with Gasteiger partial charge in [0.2, 0.25) is 5.91 Å². The minimum atomic E-state index is -0.434. The van der Waals surface area contributed by atoms with E-state index in [-0.39, 0.29) is 11.4 Å². The molecule has 0 saturated carbocycles. The van der Waals surface area contributed by atoms with E-state index in [9.17, 15) is 4.79 Å². The largest absolute Gasteiger partial charge is 0.338 e. The van der Waals surface area contributed by atoms with E-state index in [4.69, 9.17) is 5.73 Å². The van der Waals surface area contributed by atoms with Gasteiger partial charge in [-0.15, -0.1) is 6.58 Å². The molecule has 4 nitrogen and oxygen atoms in total. The molecule has 0 spiro atoms. The molecular formula is C12H23N3O. The summed E-state index contributed by atoms with van der Waals surface area (Å²) in [5.41, 5.74) is 5.84. The van der Waals surface area contributed by atoms with Gasteiger partial charge < -0.3 is 10.6 Å². The van der Waals surface area contributed by atoms with Crippen molar-refractivity contribution in [3.05, 3.63) is 12.7 Å². The first kappa shape index (κ1) is 13.2. The number of hydrogen-bond donors (Lipinski definition) is 1. The third-order valence-corrected chi connectivity index (χ3v) is 3.37. The van der Waals surface area contributed by atoms with Crippen molar-refractivity contribution in [1.82, 2.24) is 9.80 Å². The second-order valence-electron chi connectivity index (χ2n) is 5.12. The maximum atomic E-state index is 12.0. The molecule has 1 fully saturated rings. The van der Waals surface area contributed by atoms with Gasteiger partial charge in [0.1, 0.15) is 0 Å². The van der Waals surface area contributed by atoms with Crippen LogP contribution in [0.3, 0.4) is 0 Å². The summed E-state index contributed by atoms with van der Waals surface area (Å²) >= 11 is 0. The van der Waals surface area contributed by atoms with Crippen LogP contribution in [0.25, 0.3) is 0 Å². The van der Waals surface area contributed by atoms with E-state index in [1.54, 1.807) is 6.08 Å². The number of carbonyl (C=O) groups excluding carboxylic acids is 1. The van der Waals surface area contributed by atoms with Crippen LogP contribution in [-0.2, 0) is 4.79 Å². The third kappa shape index (κ3) is 2.83. The minimum absolute atomic E-state index is 0.0296. The fourth-order valence-corrected chi connectivity index (χ4v) is 1.94. The normalized spacial score (nSPS) is 22.9. The number of nitrogens with two attached hydrogens (primary N) is 1. The number of carbonyl (C=O) groups is 1. The monoisotopic (exact) mass is 225 g/mol. The van der Waals surface area contributed by atoms with E-state index < -0.39 is 6.04 Å². The lowest BCUT2D eigenvalue weighted by atomic mass is 9.99. The highest BCUT2D eigenvalue weighted by molar-refractivity contribution is 5.82. The Bertz CT molecular complexity index is 275. The fourth-order valence-electron chi connectivity index (χ4n) is 1.94. The Kier molecular flexibility index (Phi) is 4.10. The molecule has 0 radical (unpaired) electrons. The first-order valence-corrected chi connectivity index (χ1v) is 5.75. The summed E-state index contributed by atoms with van der Waals surface area (Å²) in [5, 5.41) is 0. The van der Waals surface area contributed by atoms with Crippen molar-refractivity contribution in [2.75, 3.05) is 26.7 Å². The highest BCUT2D eigenvalue weighted by atomic mass is 16.2. The first-order valence-electron chi connectivity index (χ1n) is 5.75. The van der Waals surface area contributed by atoms with Gasteiger partial charge >= 0.3 is 0 Å². The van der Waals surface area contributed by atoms with Gasteiger partial charge in [-0.25, -0.2) is 0 Å². The Labute approximate surface area is 98.1 Å². The Morgan fingerprint density at radius 1 is 1.56 bits per heavy atom. The molecule has 1 atom stereocenters. The van der Waals surface area contributed by atoms with Gasteiger partial charge in [-0.3, -0.25) is 9.69 Å². The van der Waals surface area contributed by atoms with Crippen LogP contribution in [0.2, 0.25) is 0 Å². The average molecular weight is 225 g/mol. The SMILES string of the molecule is C=CCC(N)C(=O)N1CCN(C)C(C)(C)C1. The van der Waals surface area contributed by atoms with E-state index in [0.717, 1.165) is 19.6 Å². The van der Waals surface area contributed by atoms with Gasteiger partial charge in [0.15, 0.2) is 0 Å². The van der Waals surface area contributed by atoms with Crippen molar-refractivity contribution < 1.29 is 4.79 Å². The Hall–Kier alpha value is -0.870. The second kappa shape index (κ2) is 4.97. The number of amides is 1. The number of likely N-dealkylation sites (N-methyl/N-ethyl adjacent to an activating group) is 1. The molecule has 16 heavy (non-hydrogen) atoms. The van der Waals surface area contributed by atoms with Gasteiger partial charge in [0.25, 0.3) is 0 Å². The van der Waals surface area contributed by atoms with E-state index in [1.807, 2.05) is 4.90 Å². The molecule has 0 bridgehead atoms. The van der Waals surface area contributed by atoms with Gasteiger partial charge in [0.05, 0.1) is 6.04 Å². The molecule has 0 aromatic carbocycles. The van der Waals surface area contributed by atoms with Crippen LogP contribution < -0.4 is 5.73 Å². The molecule has 0 aromatic rings. The maximum absolute atomic E-state index is 12.0. The number of piperazine rings is 1. The van der Waals surface area contributed by atoms with Crippen LogP contribution in [0.1, 0.15) is 20.3 Å². The lowest BCUT2D eigenvalue weighted by Crippen LogP contribution is -2.61. The number of hydrogen-bond acceptors (Lipinski definition) is 3. The van der Waals surface area contributed by atoms with E-state index in [2.05, 4.69) is 32.4 Å². The van der Waals surface area contributed by atoms with Crippen LogP contribution >= 0.6 is 0 Å². The molecule has 0 aliphatic carbocycles. The van der Waals surface area contributed by atoms with Gasteiger partial charge in [-0.2, -0.15) is 0 Å². The lowest BCUT2D eigenvalue weighted by molar-refractivity contribution is -0.137. The zero-order valence-corrected chi connectivity index (χ0v) is 10.6. The average Bonchev–Trinajstić information content (AvgIpc) is 2.21. The third-order valence-electron chi connectivity index (χ3n) is 3.37. The van der Waals surface area contributed by atoms with E-state index in [1.165, 1.54) is 0 Å². The second-order valence-corrected chi connectivity index (χ2v) is 5.12. The summed E-state index contributed by atoms with van der Waals surface area (Å²) in [7, 11) is 2.09. The standard InChI is InChI=1S/C12H23N3O/c1-5-6-10(13)11(16)15-8-7-14(4)12(2,3)9-15/h5,10H,1,6-9,13H2,2-4H3. The molecule has 0 aromatic heterocycles. The van der Waals surface area contributed by atoms with Crippen molar-refractivity contribution in [1.29, 1.82) is 0 Å². The molecule has 1 saturated heterocycles. The van der Waals surface area contributed by atoms with Gasteiger partial charge in [0, 0.05) is 25.2 Å². The molecule has 1 amide bonds. The Morgan fingerprint density at radius 3 is 2.69 bits per heavy atom. The van der Waals surface area contributed by atoms with Crippen molar-refractivity contribution in [2.45, 2.75) is 31.8 Å². The maximum Gasteiger partial charge on any atom is 0.239 e. The van der Waals surface area contributed by atoms with Crippen molar-refractivity contribution in [2.24, 2.45) is 5.73 Å². The summed E-state index contributed by atoms with van der Waals surface area (Å²) < 4.78 is 0. The molecule has 1 aliphatic rings. The van der Waals surface area contributed by atoms with Crippen LogP contribution in [-0.4, -0.2) is 54.0 Å². The van der Waals surface area contributed by atoms with Crippen LogP contribution in [0.4, 0.5) is 0 Å². The summed E-state index contributed by atoms with van der Waals surface area (Å²) in [6, 6.07) is -0.434. The fraction of sp³-hybridized carbons (Fsp3) is 0.750. The van der Waals surface area contributed by atoms with Crippen LogP contribution in [0, 0.1) is 0 Å².